The highest BCUT2D eigenvalue weighted by molar-refractivity contribution is 7.91. The molecule has 1 amide bonds. The van der Waals surface area contributed by atoms with Crippen LogP contribution in [0.15, 0.2) is 50.3 Å². The van der Waals surface area contributed by atoms with E-state index in [0.29, 0.717) is 18.4 Å². The van der Waals surface area contributed by atoms with E-state index >= 15 is 0 Å². The molecular formula is C24H27FN4O6S3. The maximum absolute atomic E-state index is 13.9. The number of aliphatic hydroxyl groups is 1. The van der Waals surface area contributed by atoms with Gasteiger partial charge in [0.1, 0.15) is 27.0 Å². The van der Waals surface area contributed by atoms with Gasteiger partial charge < -0.3 is 15.3 Å². The van der Waals surface area contributed by atoms with Crippen LogP contribution in [0, 0.1) is 11.7 Å². The van der Waals surface area contributed by atoms with E-state index in [1.54, 1.807) is 17.0 Å². The number of nitrogens with one attached hydrogen (secondary N) is 2. The summed E-state index contributed by atoms with van der Waals surface area (Å²) in [7, 11) is -7.88. The van der Waals surface area contributed by atoms with Gasteiger partial charge in [-0.15, -0.1) is 15.7 Å². The Labute approximate surface area is 224 Å². The first-order valence-electron chi connectivity index (χ1n) is 12.1. The normalized spacial score (nSPS) is 23.3. The quantitative estimate of drug-likeness (QED) is 0.474. The first kappa shape index (κ1) is 26.8. The lowest BCUT2D eigenvalue weighted by atomic mass is 9.84. The maximum Gasteiger partial charge on any atom is 0.287 e. The smallest absolute Gasteiger partial charge is 0.287 e. The zero-order chi connectivity index (χ0) is 27.2. The first-order chi connectivity index (χ1) is 17.9. The van der Waals surface area contributed by atoms with Gasteiger partial charge in [0.25, 0.3) is 15.9 Å². The number of nitrogens with zero attached hydrogens (tertiary/aromatic N) is 2. The molecule has 1 saturated carbocycles. The predicted octanol–water partition coefficient (Wildman–Crippen LogP) is 3.25. The monoisotopic (exact) mass is 582 g/mol. The largest absolute Gasteiger partial charge is 0.511 e. The molecule has 2 aliphatic heterocycles. The van der Waals surface area contributed by atoms with Gasteiger partial charge in [-0.25, -0.2) is 17.5 Å². The third kappa shape index (κ3) is 5.22. The summed E-state index contributed by atoms with van der Waals surface area (Å²) >= 11 is 1.04. The number of rotatable bonds is 6. The van der Waals surface area contributed by atoms with Crippen LogP contribution in [0.1, 0.15) is 43.2 Å². The van der Waals surface area contributed by atoms with Crippen LogP contribution in [0.25, 0.3) is 0 Å². The fraction of sp³-hybridized carbons (Fsp3) is 0.417. The highest BCUT2D eigenvalue weighted by atomic mass is 32.2. The van der Waals surface area contributed by atoms with E-state index in [0.717, 1.165) is 36.9 Å². The fourth-order valence-corrected chi connectivity index (χ4v) is 8.28. The topological polar surface area (TPSA) is 145 Å². The van der Waals surface area contributed by atoms with Crippen molar-refractivity contribution in [3.8, 4) is 0 Å². The second-order valence-electron chi connectivity index (χ2n) is 9.68. The van der Waals surface area contributed by atoms with E-state index in [2.05, 4.69) is 14.4 Å². The number of amidine groups is 1. The Morgan fingerprint density at radius 1 is 1.21 bits per heavy atom. The van der Waals surface area contributed by atoms with Crippen molar-refractivity contribution >= 4 is 48.1 Å². The number of thiophene rings is 1. The molecule has 0 bridgehead atoms. The molecule has 0 radical (unpaired) electrons. The Hall–Kier alpha value is -2.81. The summed E-state index contributed by atoms with van der Waals surface area (Å²) in [4.78, 5) is 15.3. The number of amides is 1. The number of hydrogen-bond acceptors (Lipinski definition) is 8. The van der Waals surface area contributed by atoms with Crippen LogP contribution < -0.4 is 10.0 Å². The molecule has 2 aromatic rings. The van der Waals surface area contributed by atoms with E-state index in [1.807, 2.05) is 0 Å². The van der Waals surface area contributed by atoms with Gasteiger partial charge in [-0.05, 0) is 35.9 Å². The lowest BCUT2D eigenvalue weighted by Gasteiger charge is -2.41. The zero-order valence-corrected chi connectivity index (χ0v) is 22.9. The second kappa shape index (κ2) is 10.1. The van der Waals surface area contributed by atoms with E-state index in [1.165, 1.54) is 17.5 Å². The minimum Gasteiger partial charge on any atom is -0.511 e. The van der Waals surface area contributed by atoms with E-state index in [9.17, 15) is 31.1 Å². The molecule has 3 heterocycles. The van der Waals surface area contributed by atoms with Crippen molar-refractivity contribution in [2.24, 2.45) is 10.3 Å². The van der Waals surface area contributed by atoms with Gasteiger partial charge in [-0.2, -0.15) is 8.42 Å². The van der Waals surface area contributed by atoms with Crippen molar-refractivity contribution in [2.45, 2.75) is 56.1 Å². The Bertz CT molecular complexity index is 1550. The minimum absolute atomic E-state index is 0.166. The minimum atomic E-state index is -4.32. The molecule has 0 unspecified atom stereocenters. The van der Waals surface area contributed by atoms with Crippen LogP contribution in [-0.4, -0.2) is 50.9 Å². The van der Waals surface area contributed by atoms with Gasteiger partial charge in [0.2, 0.25) is 10.0 Å². The van der Waals surface area contributed by atoms with Crippen molar-refractivity contribution in [1.82, 2.24) is 9.62 Å². The summed E-state index contributed by atoms with van der Waals surface area (Å²) in [6.45, 7) is -0.0683. The fourth-order valence-electron chi connectivity index (χ4n) is 5.25. The molecule has 0 spiro atoms. The first-order valence-corrected chi connectivity index (χ1v) is 16.3. The molecule has 3 N–H and O–H groups in total. The molecule has 2 atom stereocenters. The number of sulfonamides is 2. The number of halogens is 1. The number of carbonyl (C=O) groups is 1. The highest BCUT2D eigenvalue weighted by Crippen LogP contribution is 2.42. The van der Waals surface area contributed by atoms with Crippen molar-refractivity contribution in [3.63, 3.8) is 0 Å². The van der Waals surface area contributed by atoms with Crippen LogP contribution in [0.3, 0.4) is 0 Å². The molecule has 38 heavy (non-hydrogen) atoms. The van der Waals surface area contributed by atoms with Gasteiger partial charge in [-0.1, -0.05) is 31.4 Å². The average Bonchev–Trinajstić information content (AvgIpc) is 3.10. The number of aliphatic hydroxyl groups excluding tert-OH is 1. The molecular weight excluding hydrogens is 555 g/mol. The van der Waals surface area contributed by atoms with Crippen LogP contribution in [0.4, 0.5) is 9.39 Å². The molecule has 10 nitrogen and oxygen atoms in total. The van der Waals surface area contributed by atoms with Gasteiger partial charge >= 0.3 is 0 Å². The number of carbonyl (C=O) groups excluding carboxylic acids is 1. The van der Waals surface area contributed by atoms with Crippen LogP contribution in [-0.2, 0) is 37.9 Å². The molecule has 1 aromatic heterocycles. The molecule has 1 aromatic carbocycles. The molecule has 1 aliphatic carbocycles. The number of benzene rings is 1. The maximum atomic E-state index is 13.9. The number of hydrogen-bond donors (Lipinski definition) is 3. The van der Waals surface area contributed by atoms with E-state index in [4.69, 9.17) is 0 Å². The lowest BCUT2D eigenvalue weighted by Crippen LogP contribution is -2.51. The lowest BCUT2D eigenvalue weighted by molar-refractivity contribution is -0.132. The summed E-state index contributed by atoms with van der Waals surface area (Å²) in [5, 5.41) is 15.9. The standard InChI is InChI=1S/C24H27FN4O6S3/c1-37(32,33)26-11-15-13-36-23-21(15)38(34,35)28-22(27-23)19-20(30)17-5-3-2-4-6-18(17)29(24(19)31)12-14-7-9-16(25)10-8-14/h7-10,13,17-18,26,30H,2-6,11-12H2,1H3,(H,27,28)/t17-,18+/m1/s1. The molecule has 204 valence electrons. The number of fused-ring (bicyclic) bond motifs is 2. The van der Waals surface area contributed by atoms with Crippen molar-refractivity contribution < 1.29 is 31.1 Å². The Morgan fingerprint density at radius 3 is 2.63 bits per heavy atom. The second-order valence-corrected chi connectivity index (χ2v) is 13.9. The summed E-state index contributed by atoms with van der Waals surface area (Å²) in [5.74, 6) is -1.80. The summed E-state index contributed by atoms with van der Waals surface area (Å²) in [6.07, 6.45) is 4.95. The van der Waals surface area contributed by atoms with Gasteiger partial charge in [0.05, 0.1) is 6.26 Å². The Balaban J connectivity index is 1.53. The SMILES string of the molecule is CS(=O)(=O)NCc1csc2c1S(=O)(=O)N=C(C1=C(O)[C@@H]3CCCCC[C@@H]3N(Cc3ccc(F)cc3)C1=O)N2. The third-order valence-electron chi connectivity index (χ3n) is 7.01. The summed E-state index contributed by atoms with van der Waals surface area (Å²) in [5.41, 5.74) is 0.729. The summed E-state index contributed by atoms with van der Waals surface area (Å²) in [6, 6.07) is 5.53. The molecule has 14 heteroatoms. The summed E-state index contributed by atoms with van der Waals surface area (Å²) < 4.78 is 69.1. The van der Waals surface area contributed by atoms with Crippen molar-refractivity contribution in [1.29, 1.82) is 0 Å². The van der Waals surface area contributed by atoms with Gasteiger partial charge in [0, 0.05) is 30.6 Å². The van der Waals surface area contributed by atoms with Crippen molar-refractivity contribution in [3.05, 3.63) is 57.9 Å². The van der Waals surface area contributed by atoms with Gasteiger partial charge in [-0.3, -0.25) is 4.79 Å². The molecule has 3 aliphatic rings. The number of anilines is 1. The van der Waals surface area contributed by atoms with E-state index in [-0.39, 0.29) is 51.8 Å². The Kier molecular flexibility index (Phi) is 7.09. The van der Waals surface area contributed by atoms with Crippen molar-refractivity contribution in [2.75, 3.05) is 11.6 Å². The van der Waals surface area contributed by atoms with Gasteiger partial charge in [0.15, 0.2) is 5.84 Å². The van der Waals surface area contributed by atoms with E-state index < -0.39 is 37.7 Å². The van der Waals surface area contributed by atoms with Crippen LogP contribution >= 0.6 is 11.3 Å². The zero-order valence-electron chi connectivity index (χ0n) is 20.5. The highest BCUT2D eigenvalue weighted by Gasteiger charge is 2.45. The molecule has 1 fully saturated rings. The molecule has 5 rings (SSSR count). The predicted molar refractivity (Wildman–Crippen MR) is 141 cm³/mol. The van der Waals surface area contributed by atoms with Crippen LogP contribution in [0.2, 0.25) is 0 Å². The Morgan fingerprint density at radius 2 is 1.92 bits per heavy atom. The van der Waals surface area contributed by atoms with Crippen LogP contribution in [0.5, 0.6) is 0 Å². The third-order valence-corrected chi connectivity index (χ3v) is 10.2. The average molecular weight is 583 g/mol. The molecule has 0 saturated heterocycles.